The fourth-order valence-electron chi connectivity index (χ4n) is 0.378. The first-order valence-electron chi connectivity index (χ1n) is 2.10. The summed E-state index contributed by atoms with van der Waals surface area (Å²) >= 11 is 0. The molecule has 3 heteroatoms. The fourth-order valence-corrected chi connectivity index (χ4v) is 0.378. The number of aliphatic imine (C=N–C) groups is 1. The normalized spacial score (nSPS) is 19.1. The molecule has 1 radical (unpaired) electrons. The van der Waals surface area contributed by atoms with Crippen molar-refractivity contribution in [3.05, 3.63) is 0 Å². The van der Waals surface area contributed by atoms with E-state index in [2.05, 4.69) is 16.6 Å². The largest absolute Gasteiger partial charge is 0.308 e. The molecule has 0 fully saturated rings. The van der Waals surface area contributed by atoms with Crippen molar-refractivity contribution in [2.75, 3.05) is 6.54 Å². The Hall–Kier alpha value is -0.860. The van der Waals surface area contributed by atoms with E-state index >= 15 is 0 Å². The number of rotatable bonds is 0. The molecule has 3 nitrogen and oxygen atoms in total. The van der Waals surface area contributed by atoms with Gasteiger partial charge in [-0.15, -0.1) is 0 Å². The molecule has 37 valence electrons. The maximum absolute atomic E-state index is 10.2. The highest BCUT2D eigenvalue weighted by molar-refractivity contribution is 5.89. The molecule has 0 aromatic carbocycles. The first-order chi connectivity index (χ1) is 3.39. The lowest BCUT2D eigenvalue weighted by molar-refractivity contribution is -0.119. The number of carbonyl (C=O) groups excluding carboxylic acids is 1. The Morgan fingerprint density at radius 2 is 2.71 bits per heavy atom. The lowest BCUT2D eigenvalue weighted by Crippen LogP contribution is -2.25. The highest BCUT2D eigenvalue weighted by Crippen LogP contribution is 1.83. The van der Waals surface area contributed by atoms with Crippen molar-refractivity contribution in [1.82, 2.24) is 5.32 Å². The Labute approximate surface area is 41.4 Å². The maximum atomic E-state index is 10.2. The molecule has 1 rings (SSSR count). The summed E-state index contributed by atoms with van der Waals surface area (Å²) in [5.74, 6) is 0.00926. The molecule has 0 aromatic heterocycles. The van der Waals surface area contributed by atoms with Crippen molar-refractivity contribution < 1.29 is 4.79 Å². The van der Waals surface area contributed by atoms with Crippen LogP contribution < -0.4 is 5.32 Å². The van der Waals surface area contributed by atoms with Crippen LogP contribution in [0.1, 0.15) is 6.42 Å². The zero-order valence-electron chi connectivity index (χ0n) is 3.77. The van der Waals surface area contributed by atoms with Gasteiger partial charge in [-0.25, -0.2) is 0 Å². The molecular weight excluding hydrogens is 92.1 g/mol. The Balaban J connectivity index is 2.47. The Bertz CT molecular complexity index is 108. The molecule has 0 aliphatic carbocycles. The Morgan fingerprint density at radius 3 is 3.00 bits per heavy atom. The molecule has 0 aromatic rings. The number of carbonyl (C=O) groups is 1. The highest BCUT2D eigenvalue weighted by Gasteiger charge is 2.00. The average Bonchev–Trinajstić information content (AvgIpc) is 1.69. The minimum atomic E-state index is 0.00926. The van der Waals surface area contributed by atoms with E-state index in [1.807, 2.05) is 0 Å². The molecule has 0 unspecified atom stereocenters. The summed E-state index contributed by atoms with van der Waals surface area (Å²) in [6, 6.07) is 0. The second kappa shape index (κ2) is 1.73. The van der Waals surface area contributed by atoms with Crippen LogP contribution in [0.5, 0.6) is 0 Å². The minimum absolute atomic E-state index is 0.00926. The second-order valence-corrected chi connectivity index (χ2v) is 1.29. The summed E-state index contributed by atoms with van der Waals surface area (Å²) in [7, 11) is 0. The summed E-state index contributed by atoms with van der Waals surface area (Å²) in [5.41, 5.74) is 0. The predicted octanol–water partition coefficient (Wildman–Crippen LogP) is -0.588. The van der Waals surface area contributed by atoms with Gasteiger partial charge in [0.1, 0.15) is 0 Å². The third-order valence-electron chi connectivity index (χ3n) is 0.725. The van der Waals surface area contributed by atoms with Gasteiger partial charge in [0.2, 0.25) is 5.91 Å². The van der Waals surface area contributed by atoms with Crippen LogP contribution in [0.4, 0.5) is 0 Å². The molecule has 0 spiro atoms. The third kappa shape index (κ3) is 0.994. The van der Waals surface area contributed by atoms with Crippen LogP contribution in [0, 0.1) is 0 Å². The first-order valence-corrected chi connectivity index (χ1v) is 2.10. The Kier molecular flexibility index (Phi) is 1.06. The molecule has 1 aliphatic rings. The van der Waals surface area contributed by atoms with E-state index in [1.54, 1.807) is 0 Å². The monoisotopic (exact) mass is 97.0 g/mol. The number of hydrogen-bond donors (Lipinski definition) is 1. The predicted molar refractivity (Wildman–Crippen MR) is 25.1 cm³/mol. The number of hydrogen-bond acceptors (Lipinski definition) is 2. The van der Waals surface area contributed by atoms with Crippen LogP contribution in [0.15, 0.2) is 4.99 Å². The van der Waals surface area contributed by atoms with Crippen molar-refractivity contribution in [2.45, 2.75) is 6.42 Å². The molecular formula is C4H5N2O. The standard InChI is InChI=1S/C4H5N2O/c7-4-1-2-5-3-6-4/h1-2H2,(H,5,6,7). The molecule has 1 N–H and O–H groups in total. The molecule has 7 heavy (non-hydrogen) atoms. The van der Waals surface area contributed by atoms with Crippen LogP contribution in [-0.2, 0) is 4.79 Å². The van der Waals surface area contributed by atoms with Crippen molar-refractivity contribution in [1.29, 1.82) is 0 Å². The summed E-state index contributed by atoms with van der Waals surface area (Å²) < 4.78 is 0. The van der Waals surface area contributed by atoms with Gasteiger partial charge in [-0.1, -0.05) is 0 Å². The topological polar surface area (TPSA) is 41.5 Å². The van der Waals surface area contributed by atoms with E-state index in [9.17, 15) is 4.79 Å². The highest BCUT2D eigenvalue weighted by atomic mass is 16.1. The van der Waals surface area contributed by atoms with E-state index < -0.39 is 0 Å². The van der Waals surface area contributed by atoms with Gasteiger partial charge in [0.05, 0.1) is 6.54 Å². The quantitative estimate of drug-likeness (QED) is 0.431. The summed E-state index contributed by atoms with van der Waals surface area (Å²) in [6.45, 7) is 0.589. The molecule has 0 atom stereocenters. The van der Waals surface area contributed by atoms with Crippen LogP contribution in [-0.4, -0.2) is 18.8 Å². The average molecular weight is 97.1 g/mol. The van der Waals surface area contributed by atoms with Gasteiger partial charge in [-0.05, 0) is 0 Å². The number of nitrogens with one attached hydrogen (secondary N) is 1. The lowest BCUT2D eigenvalue weighted by atomic mass is 10.4. The molecule has 0 saturated heterocycles. The molecule has 1 heterocycles. The van der Waals surface area contributed by atoms with Crippen molar-refractivity contribution >= 4 is 12.2 Å². The molecule has 0 saturated carbocycles. The second-order valence-electron chi connectivity index (χ2n) is 1.29. The van der Waals surface area contributed by atoms with Gasteiger partial charge in [0.15, 0.2) is 6.34 Å². The van der Waals surface area contributed by atoms with Crippen LogP contribution >= 0.6 is 0 Å². The van der Waals surface area contributed by atoms with E-state index in [-0.39, 0.29) is 5.91 Å². The molecule has 0 bridgehead atoms. The summed E-state index contributed by atoms with van der Waals surface area (Å²) in [6.07, 6.45) is 2.87. The molecule has 1 aliphatic heterocycles. The number of nitrogens with zero attached hydrogens (tertiary/aromatic N) is 1. The van der Waals surface area contributed by atoms with Crippen LogP contribution in [0.2, 0.25) is 0 Å². The third-order valence-corrected chi connectivity index (χ3v) is 0.725. The zero-order valence-corrected chi connectivity index (χ0v) is 3.77. The Morgan fingerprint density at radius 1 is 1.86 bits per heavy atom. The van der Waals surface area contributed by atoms with Crippen LogP contribution in [0.25, 0.3) is 0 Å². The minimum Gasteiger partial charge on any atom is -0.308 e. The van der Waals surface area contributed by atoms with Gasteiger partial charge in [0.25, 0.3) is 0 Å². The number of amides is 1. The lowest BCUT2D eigenvalue weighted by Gasteiger charge is -1.99. The van der Waals surface area contributed by atoms with E-state index in [1.165, 1.54) is 0 Å². The zero-order chi connectivity index (χ0) is 5.11. The molecule has 1 amide bonds. The fraction of sp³-hybridized carbons (Fsp3) is 0.500. The van der Waals surface area contributed by atoms with Gasteiger partial charge in [0, 0.05) is 6.42 Å². The van der Waals surface area contributed by atoms with Crippen molar-refractivity contribution in [3.63, 3.8) is 0 Å². The summed E-state index contributed by atoms with van der Waals surface area (Å²) in [5, 5.41) is 2.33. The van der Waals surface area contributed by atoms with E-state index in [0.29, 0.717) is 13.0 Å². The van der Waals surface area contributed by atoms with Crippen LogP contribution in [0.3, 0.4) is 0 Å². The SMILES string of the molecule is O=C1CCN=[C]N1. The summed E-state index contributed by atoms with van der Waals surface area (Å²) in [4.78, 5) is 13.9. The van der Waals surface area contributed by atoms with Gasteiger partial charge >= 0.3 is 0 Å². The first kappa shape index (κ1) is 4.30. The van der Waals surface area contributed by atoms with Gasteiger partial charge in [-0.3, -0.25) is 9.79 Å². The van der Waals surface area contributed by atoms with Crippen molar-refractivity contribution in [3.8, 4) is 0 Å². The van der Waals surface area contributed by atoms with E-state index in [0.717, 1.165) is 0 Å². The van der Waals surface area contributed by atoms with E-state index in [4.69, 9.17) is 0 Å². The van der Waals surface area contributed by atoms with Gasteiger partial charge in [-0.2, -0.15) is 0 Å². The maximum Gasteiger partial charge on any atom is 0.227 e. The van der Waals surface area contributed by atoms with Crippen molar-refractivity contribution in [2.24, 2.45) is 4.99 Å². The van der Waals surface area contributed by atoms with Gasteiger partial charge < -0.3 is 5.32 Å². The smallest absolute Gasteiger partial charge is 0.227 e.